The smallest absolute Gasteiger partial charge is 0.410 e. The van der Waals surface area contributed by atoms with Crippen LogP contribution in [-0.4, -0.2) is 42.8 Å². The molecule has 1 N–H and O–H groups in total. The Morgan fingerprint density at radius 2 is 1.86 bits per heavy atom. The number of ether oxygens (including phenoxy) is 1. The lowest BCUT2D eigenvalue weighted by atomic mass is 9.81. The summed E-state index contributed by atoms with van der Waals surface area (Å²) in [7, 11) is 0. The standard InChI is InChI=1S/C17H34N2O2/c1-15(2,3)11-18-12-17(7)9-8-10-19(13-17)14(20)21-16(4,5)6/h18H,8-13H2,1-7H3. The van der Waals surface area contributed by atoms with Crippen molar-refractivity contribution in [2.75, 3.05) is 26.2 Å². The first kappa shape index (κ1) is 18.3. The van der Waals surface area contributed by atoms with Gasteiger partial charge in [-0.15, -0.1) is 0 Å². The molecule has 0 aromatic carbocycles. The molecule has 1 aliphatic rings. The van der Waals surface area contributed by atoms with Gasteiger partial charge in [0.1, 0.15) is 5.60 Å². The molecular formula is C17H34N2O2. The van der Waals surface area contributed by atoms with Gasteiger partial charge < -0.3 is 15.0 Å². The van der Waals surface area contributed by atoms with E-state index in [4.69, 9.17) is 4.74 Å². The van der Waals surface area contributed by atoms with Crippen molar-refractivity contribution in [1.29, 1.82) is 0 Å². The van der Waals surface area contributed by atoms with E-state index in [2.05, 4.69) is 33.0 Å². The van der Waals surface area contributed by atoms with Crippen LogP contribution in [0.5, 0.6) is 0 Å². The Morgan fingerprint density at radius 1 is 1.24 bits per heavy atom. The molecular weight excluding hydrogens is 264 g/mol. The molecule has 1 atom stereocenters. The number of likely N-dealkylation sites (tertiary alicyclic amines) is 1. The number of nitrogens with zero attached hydrogens (tertiary/aromatic N) is 1. The summed E-state index contributed by atoms with van der Waals surface area (Å²) in [6, 6.07) is 0. The molecule has 1 unspecified atom stereocenters. The zero-order valence-corrected chi connectivity index (χ0v) is 15.0. The molecule has 1 saturated heterocycles. The van der Waals surface area contributed by atoms with E-state index in [1.54, 1.807) is 0 Å². The summed E-state index contributed by atoms with van der Waals surface area (Å²) in [6.07, 6.45) is 2.03. The molecule has 0 saturated carbocycles. The Kier molecular flexibility index (Phi) is 5.70. The van der Waals surface area contributed by atoms with Crippen molar-refractivity contribution in [3.8, 4) is 0 Å². The number of amides is 1. The van der Waals surface area contributed by atoms with E-state index in [1.807, 2.05) is 25.7 Å². The Hall–Kier alpha value is -0.770. The lowest BCUT2D eigenvalue weighted by molar-refractivity contribution is 0.00656. The zero-order chi connectivity index (χ0) is 16.3. The first-order valence-corrected chi connectivity index (χ1v) is 8.09. The van der Waals surface area contributed by atoms with Crippen molar-refractivity contribution in [2.24, 2.45) is 10.8 Å². The third kappa shape index (κ3) is 7.16. The van der Waals surface area contributed by atoms with Crippen molar-refractivity contribution in [3.63, 3.8) is 0 Å². The molecule has 124 valence electrons. The van der Waals surface area contributed by atoms with Crippen molar-refractivity contribution in [2.45, 2.75) is 66.9 Å². The minimum Gasteiger partial charge on any atom is -0.444 e. The highest BCUT2D eigenvalue weighted by molar-refractivity contribution is 5.68. The van der Waals surface area contributed by atoms with Crippen LogP contribution < -0.4 is 5.32 Å². The normalized spacial score (nSPS) is 24.0. The summed E-state index contributed by atoms with van der Waals surface area (Å²) in [5, 5.41) is 3.56. The van der Waals surface area contributed by atoms with Gasteiger partial charge in [-0.3, -0.25) is 0 Å². The molecule has 1 aliphatic heterocycles. The van der Waals surface area contributed by atoms with Crippen LogP contribution in [0.4, 0.5) is 4.79 Å². The van der Waals surface area contributed by atoms with Crippen molar-refractivity contribution < 1.29 is 9.53 Å². The molecule has 0 aromatic heterocycles. The fourth-order valence-electron chi connectivity index (χ4n) is 2.68. The molecule has 1 amide bonds. The maximum atomic E-state index is 12.2. The van der Waals surface area contributed by atoms with E-state index in [1.165, 1.54) is 0 Å². The Labute approximate surface area is 130 Å². The Balaban J connectivity index is 2.52. The first-order valence-electron chi connectivity index (χ1n) is 8.09. The minimum absolute atomic E-state index is 0.139. The molecule has 1 heterocycles. The predicted octanol–water partition coefficient (Wildman–Crippen LogP) is 3.66. The van der Waals surface area contributed by atoms with Gasteiger partial charge >= 0.3 is 6.09 Å². The predicted molar refractivity (Wildman–Crippen MR) is 87.5 cm³/mol. The lowest BCUT2D eigenvalue weighted by Crippen LogP contribution is -2.50. The minimum atomic E-state index is -0.421. The average molecular weight is 298 g/mol. The molecule has 1 fully saturated rings. The highest BCUT2D eigenvalue weighted by atomic mass is 16.6. The summed E-state index contributed by atoms with van der Waals surface area (Å²) in [6.45, 7) is 18.2. The van der Waals surface area contributed by atoms with Crippen LogP contribution in [0.1, 0.15) is 61.3 Å². The number of piperidine rings is 1. The van der Waals surface area contributed by atoms with Gasteiger partial charge in [-0.2, -0.15) is 0 Å². The summed E-state index contributed by atoms with van der Waals surface area (Å²) >= 11 is 0. The quantitative estimate of drug-likeness (QED) is 0.864. The SMILES string of the molecule is CC(C)(C)CNCC1(C)CCCN(C(=O)OC(C)(C)C)C1. The summed E-state index contributed by atoms with van der Waals surface area (Å²) in [5.74, 6) is 0. The topological polar surface area (TPSA) is 41.6 Å². The van der Waals surface area contributed by atoms with Crippen LogP contribution in [0, 0.1) is 10.8 Å². The largest absolute Gasteiger partial charge is 0.444 e. The monoisotopic (exact) mass is 298 g/mol. The van der Waals surface area contributed by atoms with Crippen LogP contribution >= 0.6 is 0 Å². The van der Waals surface area contributed by atoms with Gasteiger partial charge in [0.05, 0.1) is 0 Å². The summed E-state index contributed by atoms with van der Waals surface area (Å²) < 4.78 is 5.50. The fourth-order valence-corrected chi connectivity index (χ4v) is 2.68. The van der Waals surface area contributed by atoms with Crippen LogP contribution in [0.15, 0.2) is 0 Å². The third-order valence-electron chi connectivity index (χ3n) is 3.64. The molecule has 1 rings (SSSR count). The molecule has 0 aliphatic carbocycles. The summed E-state index contributed by atoms with van der Waals surface area (Å²) in [4.78, 5) is 14.1. The Bertz CT molecular complexity index is 355. The van der Waals surface area contributed by atoms with E-state index in [0.717, 1.165) is 39.0 Å². The zero-order valence-electron chi connectivity index (χ0n) is 15.0. The van der Waals surface area contributed by atoms with E-state index in [-0.39, 0.29) is 16.9 Å². The maximum absolute atomic E-state index is 12.2. The van der Waals surface area contributed by atoms with Crippen LogP contribution in [0.2, 0.25) is 0 Å². The van der Waals surface area contributed by atoms with Gasteiger partial charge in [0.15, 0.2) is 0 Å². The molecule has 0 bridgehead atoms. The second-order valence-electron chi connectivity index (χ2n) is 8.98. The third-order valence-corrected chi connectivity index (χ3v) is 3.64. The van der Waals surface area contributed by atoms with E-state index in [9.17, 15) is 4.79 Å². The lowest BCUT2D eigenvalue weighted by Gasteiger charge is -2.41. The van der Waals surface area contributed by atoms with Crippen molar-refractivity contribution in [3.05, 3.63) is 0 Å². The van der Waals surface area contributed by atoms with Gasteiger partial charge in [-0.25, -0.2) is 4.79 Å². The second kappa shape index (κ2) is 6.55. The highest BCUT2D eigenvalue weighted by Crippen LogP contribution is 2.30. The average Bonchev–Trinajstić information content (AvgIpc) is 2.24. The number of carbonyl (C=O) groups excluding carboxylic acids is 1. The molecule has 0 spiro atoms. The maximum Gasteiger partial charge on any atom is 0.410 e. The van der Waals surface area contributed by atoms with Gasteiger partial charge in [0.25, 0.3) is 0 Å². The Morgan fingerprint density at radius 3 is 2.38 bits per heavy atom. The highest BCUT2D eigenvalue weighted by Gasteiger charge is 2.34. The van der Waals surface area contributed by atoms with Crippen LogP contribution in [0.3, 0.4) is 0 Å². The van der Waals surface area contributed by atoms with Gasteiger partial charge in [0.2, 0.25) is 0 Å². The number of nitrogens with one attached hydrogen (secondary N) is 1. The van der Waals surface area contributed by atoms with E-state index < -0.39 is 5.60 Å². The first-order chi connectivity index (χ1) is 9.40. The van der Waals surface area contributed by atoms with Crippen molar-refractivity contribution >= 4 is 6.09 Å². The van der Waals surface area contributed by atoms with Crippen molar-refractivity contribution in [1.82, 2.24) is 10.2 Å². The van der Waals surface area contributed by atoms with Gasteiger partial charge in [0, 0.05) is 26.2 Å². The van der Waals surface area contributed by atoms with Crippen LogP contribution in [0.25, 0.3) is 0 Å². The van der Waals surface area contributed by atoms with Crippen LogP contribution in [-0.2, 0) is 4.74 Å². The molecule has 21 heavy (non-hydrogen) atoms. The molecule has 0 radical (unpaired) electrons. The molecule has 4 heteroatoms. The van der Waals surface area contributed by atoms with Gasteiger partial charge in [-0.1, -0.05) is 27.7 Å². The molecule has 4 nitrogen and oxygen atoms in total. The second-order valence-corrected chi connectivity index (χ2v) is 8.98. The van der Waals surface area contributed by atoms with Gasteiger partial charge in [-0.05, 0) is 44.4 Å². The van der Waals surface area contributed by atoms with E-state index in [0.29, 0.717) is 0 Å². The van der Waals surface area contributed by atoms with E-state index >= 15 is 0 Å². The fraction of sp³-hybridized carbons (Fsp3) is 0.941. The number of hydrogen-bond donors (Lipinski definition) is 1. The number of rotatable bonds is 3. The summed E-state index contributed by atoms with van der Waals surface area (Å²) in [5.41, 5.74) is 0.00565. The number of carbonyl (C=O) groups is 1. The molecule has 0 aromatic rings. The number of hydrogen-bond acceptors (Lipinski definition) is 3.